The summed E-state index contributed by atoms with van der Waals surface area (Å²) in [4.78, 5) is 2.48. The van der Waals surface area contributed by atoms with Gasteiger partial charge in [-0.1, -0.05) is 24.3 Å². The van der Waals surface area contributed by atoms with E-state index in [0.717, 1.165) is 63.1 Å². The lowest BCUT2D eigenvalue weighted by Gasteiger charge is -2.37. The number of benzene rings is 2. The van der Waals surface area contributed by atoms with Gasteiger partial charge in [0.1, 0.15) is 5.75 Å². The van der Waals surface area contributed by atoms with Crippen LogP contribution in [0.3, 0.4) is 0 Å². The van der Waals surface area contributed by atoms with Crippen molar-refractivity contribution < 1.29 is 9.84 Å². The van der Waals surface area contributed by atoms with Crippen LogP contribution in [0.1, 0.15) is 53.2 Å². The normalized spacial score (nSPS) is 24.2. The number of hydrogen-bond acceptors (Lipinski definition) is 4. The average Bonchev–Trinajstić information content (AvgIpc) is 3.07. The third kappa shape index (κ3) is 3.43. The number of fused-ring (bicyclic) bond motifs is 2. The summed E-state index contributed by atoms with van der Waals surface area (Å²) < 4.78 is 6.02. The lowest BCUT2D eigenvalue weighted by molar-refractivity contribution is 0.131. The molecule has 0 radical (unpaired) electrons. The number of ether oxygens (including phenoxy) is 1. The van der Waals surface area contributed by atoms with E-state index in [-0.39, 0.29) is 6.04 Å². The largest absolute Gasteiger partial charge is 0.491 e. The van der Waals surface area contributed by atoms with Crippen LogP contribution in [0.5, 0.6) is 5.75 Å². The molecule has 3 aliphatic rings. The molecule has 4 nitrogen and oxygen atoms in total. The molecule has 0 unspecified atom stereocenters. The van der Waals surface area contributed by atoms with Gasteiger partial charge in [-0.05, 0) is 79.8 Å². The second-order valence-corrected chi connectivity index (χ2v) is 8.98. The summed E-state index contributed by atoms with van der Waals surface area (Å²) in [5, 5.41) is 14.7. The van der Waals surface area contributed by atoms with Crippen LogP contribution in [0.2, 0.25) is 0 Å². The van der Waals surface area contributed by atoms with Gasteiger partial charge < -0.3 is 20.1 Å². The van der Waals surface area contributed by atoms with Gasteiger partial charge in [-0.25, -0.2) is 0 Å². The first-order valence-electron chi connectivity index (χ1n) is 11.1. The molecule has 154 valence electrons. The Kier molecular flexibility index (Phi) is 5.00. The minimum absolute atomic E-state index is 0.134. The number of aliphatic hydroxyl groups excluding tert-OH is 1. The maximum Gasteiger partial charge on any atom is 0.145 e. The second-order valence-electron chi connectivity index (χ2n) is 8.98. The van der Waals surface area contributed by atoms with Crippen LogP contribution < -0.4 is 15.0 Å². The van der Waals surface area contributed by atoms with Crippen molar-refractivity contribution >= 4 is 5.69 Å². The number of nitrogens with zero attached hydrogens (tertiary/aromatic N) is 1. The third-order valence-electron chi connectivity index (χ3n) is 7.19. The molecule has 4 heteroatoms. The molecule has 2 N–H and O–H groups in total. The molecule has 2 aromatic rings. The Morgan fingerprint density at radius 1 is 1.07 bits per heavy atom. The first kappa shape index (κ1) is 19.0. The number of anilines is 1. The summed E-state index contributed by atoms with van der Waals surface area (Å²) in [6.45, 7) is 7.17. The highest BCUT2D eigenvalue weighted by Crippen LogP contribution is 2.38. The Balaban J connectivity index is 1.23. The van der Waals surface area contributed by atoms with Crippen molar-refractivity contribution in [2.45, 2.75) is 64.1 Å². The molecule has 2 aromatic carbocycles. The SMILES string of the molecule is Cc1ccc2c(c1C)[C@@H](O)[C@@H](NC1CCN(c3cccc4c3OCCC4)CC1)C2. The quantitative estimate of drug-likeness (QED) is 0.833. The number of nitrogens with one attached hydrogen (secondary N) is 1. The highest BCUT2D eigenvalue weighted by Gasteiger charge is 2.34. The Morgan fingerprint density at radius 2 is 1.90 bits per heavy atom. The second kappa shape index (κ2) is 7.66. The topological polar surface area (TPSA) is 44.7 Å². The monoisotopic (exact) mass is 392 g/mol. The molecule has 1 aliphatic carbocycles. The first-order chi connectivity index (χ1) is 14.1. The summed E-state index contributed by atoms with van der Waals surface area (Å²) in [5.41, 5.74) is 7.61. The van der Waals surface area contributed by atoms with Gasteiger partial charge in [-0.2, -0.15) is 0 Å². The molecule has 0 bridgehead atoms. The summed E-state index contributed by atoms with van der Waals surface area (Å²) in [7, 11) is 0. The van der Waals surface area contributed by atoms with Gasteiger partial charge in [0, 0.05) is 25.2 Å². The fraction of sp³-hybridized carbons (Fsp3) is 0.520. The zero-order valence-corrected chi connectivity index (χ0v) is 17.6. The lowest BCUT2D eigenvalue weighted by atomic mass is 9.98. The molecule has 0 spiro atoms. The number of hydrogen-bond donors (Lipinski definition) is 2. The molecule has 0 aromatic heterocycles. The number of aryl methyl sites for hydroxylation is 2. The van der Waals surface area contributed by atoms with Crippen molar-refractivity contribution in [3.8, 4) is 5.75 Å². The van der Waals surface area contributed by atoms with Crippen LogP contribution in [-0.4, -0.2) is 36.9 Å². The highest BCUT2D eigenvalue weighted by atomic mass is 16.5. The van der Waals surface area contributed by atoms with E-state index in [0.29, 0.717) is 6.04 Å². The molecule has 0 saturated carbocycles. The van der Waals surface area contributed by atoms with E-state index in [1.54, 1.807) is 0 Å². The first-order valence-corrected chi connectivity index (χ1v) is 11.1. The van der Waals surface area contributed by atoms with E-state index in [1.165, 1.54) is 27.9 Å². The van der Waals surface area contributed by atoms with Gasteiger partial charge in [0.15, 0.2) is 0 Å². The van der Waals surface area contributed by atoms with Gasteiger partial charge >= 0.3 is 0 Å². The summed E-state index contributed by atoms with van der Waals surface area (Å²) in [5.74, 6) is 1.11. The van der Waals surface area contributed by atoms with E-state index in [9.17, 15) is 5.11 Å². The number of piperidine rings is 1. The molecular formula is C25H32N2O2. The predicted octanol–water partition coefficient (Wildman–Crippen LogP) is 3.85. The molecule has 0 amide bonds. The van der Waals surface area contributed by atoms with Crippen LogP contribution in [0.25, 0.3) is 0 Å². The standard InChI is InChI=1S/C25H32N2O2/c1-16-8-9-19-15-21(24(28)23(19)17(16)2)26-20-10-12-27(13-11-20)22-7-3-5-18-6-4-14-29-25(18)22/h3,5,7-9,20-21,24,26,28H,4,6,10-15H2,1-2H3/t21-,24-/m0/s1. The van der Waals surface area contributed by atoms with Gasteiger partial charge in [0.05, 0.1) is 18.4 Å². The predicted molar refractivity (Wildman–Crippen MR) is 117 cm³/mol. The Morgan fingerprint density at radius 3 is 2.72 bits per heavy atom. The molecule has 2 aliphatic heterocycles. The molecule has 2 atom stereocenters. The smallest absolute Gasteiger partial charge is 0.145 e. The van der Waals surface area contributed by atoms with E-state index in [2.05, 4.69) is 54.4 Å². The number of rotatable bonds is 3. The van der Waals surface area contributed by atoms with Crippen LogP contribution >= 0.6 is 0 Å². The summed E-state index contributed by atoms with van der Waals surface area (Å²) in [6, 6.07) is 11.6. The van der Waals surface area contributed by atoms with Crippen molar-refractivity contribution in [2.24, 2.45) is 0 Å². The molecule has 1 fully saturated rings. The van der Waals surface area contributed by atoms with Crippen molar-refractivity contribution in [2.75, 3.05) is 24.6 Å². The average molecular weight is 393 g/mol. The Hall–Kier alpha value is -2.04. The van der Waals surface area contributed by atoms with Crippen molar-refractivity contribution in [3.05, 3.63) is 58.1 Å². The molecule has 2 heterocycles. The van der Waals surface area contributed by atoms with Crippen LogP contribution in [0.15, 0.2) is 30.3 Å². The van der Waals surface area contributed by atoms with Crippen molar-refractivity contribution in [1.29, 1.82) is 0 Å². The highest BCUT2D eigenvalue weighted by molar-refractivity contribution is 5.62. The lowest BCUT2D eigenvalue weighted by Crippen LogP contribution is -2.47. The molecule has 5 rings (SSSR count). The van der Waals surface area contributed by atoms with Crippen molar-refractivity contribution in [1.82, 2.24) is 5.32 Å². The van der Waals surface area contributed by atoms with Crippen molar-refractivity contribution in [3.63, 3.8) is 0 Å². The van der Waals surface area contributed by atoms with E-state index in [4.69, 9.17) is 4.74 Å². The maximum atomic E-state index is 10.9. The summed E-state index contributed by atoms with van der Waals surface area (Å²) >= 11 is 0. The third-order valence-corrected chi connectivity index (χ3v) is 7.19. The molecule has 29 heavy (non-hydrogen) atoms. The summed E-state index contributed by atoms with van der Waals surface area (Å²) in [6.07, 6.45) is 4.98. The zero-order chi connectivity index (χ0) is 20.0. The number of aliphatic hydroxyl groups is 1. The fourth-order valence-corrected chi connectivity index (χ4v) is 5.39. The van der Waals surface area contributed by atoms with Gasteiger partial charge in [-0.3, -0.25) is 0 Å². The maximum absolute atomic E-state index is 10.9. The zero-order valence-electron chi connectivity index (χ0n) is 17.6. The Bertz CT molecular complexity index is 902. The van der Waals surface area contributed by atoms with Gasteiger partial charge in [0.25, 0.3) is 0 Å². The molecule has 1 saturated heterocycles. The van der Waals surface area contributed by atoms with Crippen LogP contribution in [0.4, 0.5) is 5.69 Å². The number of para-hydroxylation sites is 1. The van der Waals surface area contributed by atoms with Gasteiger partial charge in [-0.15, -0.1) is 0 Å². The Labute approximate surface area is 173 Å². The van der Waals surface area contributed by atoms with Crippen LogP contribution in [-0.2, 0) is 12.8 Å². The van der Waals surface area contributed by atoms with E-state index >= 15 is 0 Å². The van der Waals surface area contributed by atoms with E-state index in [1.807, 2.05) is 0 Å². The van der Waals surface area contributed by atoms with Gasteiger partial charge in [0.2, 0.25) is 0 Å². The van der Waals surface area contributed by atoms with Crippen LogP contribution in [0, 0.1) is 13.8 Å². The minimum Gasteiger partial charge on any atom is -0.491 e. The minimum atomic E-state index is -0.391. The van der Waals surface area contributed by atoms with E-state index < -0.39 is 6.10 Å². The molecular weight excluding hydrogens is 360 g/mol. The fourth-order valence-electron chi connectivity index (χ4n) is 5.39.